The first-order valence-electron chi connectivity index (χ1n) is 15.7. The van der Waals surface area contributed by atoms with Crippen molar-refractivity contribution in [2.24, 2.45) is 5.73 Å². The molecule has 0 bridgehead atoms. The van der Waals surface area contributed by atoms with Gasteiger partial charge < -0.3 is 16.0 Å². The Balaban J connectivity index is 1.48. The molecule has 0 spiro atoms. The molecule has 1 aliphatic rings. The Labute approximate surface area is 275 Å². The molecule has 1 atom stereocenters. The second-order valence-corrected chi connectivity index (χ2v) is 11.8. The maximum atomic E-state index is 15.0. The molecule has 254 valence electrons. The van der Waals surface area contributed by atoms with Gasteiger partial charge in [0, 0.05) is 62.1 Å². The van der Waals surface area contributed by atoms with Crippen molar-refractivity contribution >= 4 is 11.6 Å². The lowest BCUT2D eigenvalue weighted by Crippen LogP contribution is -2.51. The number of hydrogen-bond donors (Lipinski definition) is 2. The predicted molar refractivity (Wildman–Crippen MR) is 176 cm³/mol. The summed E-state index contributed by atoms with van der Waals surface area (Å²) in [6.07, 6.45) is -4.86. The molecule has 0 saturated carbocycles. The molecule has 0 unspecified atom stereocenters. The fraction of sp³-hybridized carbons (Fsp3) is 0.343. The average molecular weight is 667 g/mol. The van der Waals surface area contributed by atoms with Crippen molar-refractivity contribution < 1.29 is 22.4 Å². The van der Waals surface area contributed by atoms with Crippen molar-refractivity contribution in [3.8, 4) is 0 Å². The van der Waals surface area contributed by atoms with Gasteiger partial charge in [-0.1, -0.05) is 48.5 Å². The highest BCUT2D eigenvalue weighted by atomic mass is 19.4. The van der Waals surface area contributed by atoms with Crippen LogP contribution in [0.25, 0.3) is 0 Å². The molecule has 0 radical (unpaired) electrons. The summed E-state index contributed by atoms with van der Waals surface area (Å²) < 4.78 is 58.8. The molecule has 1 saturated heterocycles. The quantitative estimate of drug-likeness (QED) is 0.245. The van der Waals surface area contributed by atoms with Gasteiger partial charge >= 0.3 is 11.9 Å². The summed E-state index contributed by atoms with van der Waals surface area (Å²) in [6, 6.07) is 18.1. The van der Waals surface area contributed by atoms with Crippen LogP contribution in [-0.4, -0.2) is 52.7 Å². The number of carbonyl (C=O) groups excluding carboxylic acids is 1. The molecule has 0 aliphatic carbocycles. The van der Waals surface area contributed by atoms with Gasteiger partial charge in [0.05, 0.1) is 18.7 Å². The molecule has 2 heterocycles. The van der Waals surface area contributed by atoms with Crippen molar-refractivity contribution in [2.45, 2.75) is 45.7 Å². The Bertz CT molecular complexity index is 1880. The number of halogens is 4. The number of anilines is 1. The fourth-order valence-electron chi connectivity index (χ4n) is 6.10. The zero-order chi connectivity index (χ0) is 34.6. The molecule has 13 heteroatoms. The number of aromatic nitrogens is 2. The number of alkyl halides is 3. The minimum atomic E-state index is -4.86. The van der Waals surface area contributed by atoms with E-state index >= 15 is 0 Å². The van der Waals surface area contributed by atoms with Crippen LogP contribution in [0.4, 0.5) is 23.2 Å². The summed E-state index contributed by atoms with van der Waals surface area (Å²) in [4.78, 5) is 44.2. The van der Waals surface area contributed by atoms with E-state index in [2.05, 4.69) is 10.2 Å². The number of benzene rings is 3. The lowest BCUT2D eigenvalue weighted by molar-refractivity contribution is -0.138. The lowest BCUT2D eigenvalue weighted by Gasteiger charge is -2.37. The van der Waals surface area contributed by atoms with Gasteiger partial charge in [-0.25, -0.2) is 9.18 Å². The highest BCUT2D eigenvalue weighted by Gasteiger charge is 2.35. The zero-order valence-corrected chi connectivity index (χ0v) is 26.8. The number of hydrogen-bond acceptors (Lipinski definition) is 6. The molecule has 3 N–H and O–H groups in total. The highest BCUT2D eigenvalue weighted by Crippen LogP contribution is 2.33. The second-order valence-electron chi connectivity index (χ2n) is 11.8. The van der Waals surface area contributed by atoms with Crippen molar-refractivity contribution in [2.75, 3.05) is 37.6 Å². The van der Waals surface area contributed by atoms with Crippen LogP contribution in [0.2, 0.25) is 0 Å². The van der Waals surface area contributed by atoms with Crippen LogP contribution in [0.1, 0.15) is 51.3 Å². The van der Waals surface area contributed by atoms with E-state index in [1.807, 2.05) is 30.0 Å². The molecule has 48 heavy (non-hydrogen) atoms. The lowest BCUT2D eigenvalue weighted by atomic mass is 10.1. The van der Waals surface area contributed by atoms with Gasteiger partial charge in [-0.15, -0.1) is 0 Å². The van der Waals surface area contributed by atoms with E-state index in [9.17, 15) is 31.9 Å². The summed E-state index contributed by atoms with van der Waals surface area (Å²) in [5.74, 6) is -1.27. The number of nitrogens with one attached hydrogen (secondary N) is 1. The summed E-state index contributed by atoms with van der Waals surface area (Å²) in [5.41, 5.74) is 5.48. The molecule has 9 nitrogen and oxygen atoms in total. The summed E-state index contributed by atoms with van der Waals surface area (Å²) in [6.45, 7) is 5.25. The first-order chi connectivity index (χ1) is 22.9. The minimum Gasteiger partial charge on any atom is -0.363 e. The third-order valence-electron chi connectivity index (χ3n) is 8.63. The normalized spacial score (nSPS) is 14.6. The number of nitrogens with two attached hydrogens (primary N) is 1. The number of rotatable bonds is 10. The van der Waals surface area contributed by atoms with Crippen LogP contribution < -0.4 is 27.2 Å². The van der Waals surface area contributed by atoms with E-state index in [0.29, 0.717) is 50.4 Å². The monoisotopic (exact) mass is 666 g/mol. The van der Waals surface area contributed by atoms with Crippen LogP contribution in [0, 0.1) is 12.7 Å². The smallest absolute Gasteiger partial charge is 0.363 e. The molecular weight excluding hydrogens is 628 g/mol. The molecule has 3 aromatic carbocycles. The van der Waals surface area contributed by atoms with Gasteiger partial charge in [0.2, 0.25) is 0 Å². The highest BCUT2D eigenvalue weighted by molar-refractivity contribution is 5.94. The van der Waals surface area contributed by atoms with E-state index in [1.54, 1.807) is 36.4 Å². The molecule has 5 rings (SSSR count). The van der Waals surface area contributed by atoms with E-state index in [0.717, 1.165) is 32.9 Å². The van der Waals surface area contributed by atoms with Gasteiger partial charge in [0.15, 0.2) is 0 Å². The number of piperazine rings is 1. The number of carbonyl (C=O) groups is 1. The Kier molecular flexibility index (Phi) is 10.5. The summed E-state index contributed by atoms with van der Waals surface area (Å²) in [5, 5.41) is 2.79. The molecular formula is C35H38F4N6O3. The van der Waals surface area contributed by atoms with Crippen LogP contribution in [0.15, 0.2) is 82.4 Å². The molecule has 1 fully saturated rings. The standard InChI is InChI=1S/C35H38F4N6O3/c1-3-41-32(46)26-12-7-9-24(19-26)20-42-15-17-43(18-16-42)31-23(2)44(21-27-28(35(37,38)39)13-8-14-29(27)36)34(48)45(33(31)47)22-30(40)25-10-5-4-6-11-25/h4-14,19,30H,3,15-18,20-22,40H2,1-2H3,(H,41,46)/t30-/m0/s1. The van der Waals surface area contributed by atoms with Crippen molar-refractivity contribution in [3.05, 3.63) is 133 Å². The first kappa shape index (κ1) is 34.6. The Morgan fingerprint density at radius 3 is 2.27 bits per heavy atom. The van der Waals surface area contributed by atoms with Gasteiger partial charge in [-0.2, -0.15) is 13.2 Å². The van der Waals surface area contributed by atoms with Crippen molar-refractivity contribution in [1.82, 2.24) is 19.4 Å². The Hall–Kier alpha value is -4.75. The van der Waals surface area contributed by atoms with Crippen LogP contribution in [-0.2, 0) is 25.8 Å². The fourth-order valence-corrected chi connectivity index (χ4v) is 6.10. The molecule has 4 aromatic rings. The Morgan fingerprint density at radius 2 is 1.60 bits per heavy atom. The second kappa shape index (κ2) is 14.6. The SMILES string of the molecule is CCNC(=O)c1cccc(CN2CCN(c3c(C)n(Cc4c(F)cccc4C(F)(F)F)c(=O)n(C[C@H](N)c4ccccc4)c3=O)CC2)c1. The van der Waals surface area contributed by atoms with E-state index < -0.39 is 47.0 Å². The number of nitrogens with zero attached hydrogens (tertiary/aromatic N) is 4. The van der Waals surface area contributed by atoms with E-state index in [4.69, 9.17) is 5.73 Å². The first-order valence-corrected chi connectivity index (χ1v) is 15.7. The van der Waals surface area contributed by atoms with Gasteiger partial charge in [-0.05, 0) is 49.2 Å². The van der Waals surface area contributed by atoms with E-state index in [1.165, 1.54) is 6.92 Å². The summed E-state index contributed by atoms with van der Waals surface area (Å²) >= 11 is 0. The van der Waals surface area contributed by atoms with Gasteiger partial charge in [0.1, 0.15) is 11.5 Å². The molecule has 1 amide bonds. The average Bonchev–Trinajstić information content (AvgIpc) is 3.06. The van der Waals surface area contributed by atoms with Crippen molar-refractivity contribution in [3.63, 3.8) is 0 Å². The van der Waals surface area contributed by atoms with Gasteiger partial charge in [0.25, 0.3) is 11.5 Å². The third kappa shape index (κ3) is 7.52. The Morgan fingerprint density at radius 1 is 0.917 bits per heavy atom. The predicted octanol–water partition coefficient (Wildman–Crippen LogP) is 4.30. The third-order valence-corrected chi connectivity index (χ3v) is 8.63. The topological polar surface area (TPSA) is 106 Å². The largest absolute Gasteiger partial charge is 0.416 e. The van der Waals surface area contributed by atoms with Crippen molar-refractivity contribution in [1.29, 1.82) is 0 Å². The van der Waals surface area contributed by atoms with Crippen LogP contribution in [0.3, 0.4) is 0 Å². The minimum absolute atomic E-state index is 0.133. The van der Waals surface area contributed by atoms with E-state index in [-0.39, 0.29) is 23.8 Å². The van der Waals surface area contributed by atoms with Crippen LogP contribution >= 0.6 is 0 Å². The zero-order valence-electron chi connectivity index (χ0n) is 26.8. The summed E-state index contributed by atoms with van der Waals surface area (Å²) in [7, 11) is 0. The maximum Gasteiger partial charge on any atom is 0.416 e. The van der Waals surface area contributed by atoms with Crippen LogP contribution in [0.5, 0.6) is 0 Å². The van der Waals surface area contributed by atoms with Gasteiger partial charge in [-0.3, -0.25) is 23.6 Å². The number of amides is 1. The maximum absolute atomic E-state index is 15.0. The molecule has 1 aliphatic heterocycles. The molecule has 1 aromatic heterocycles.